The summed E-state index contributed by atoms with van der Waals surface area (Å²) in [5.41, 5.74) is 0. The Morgan fingerprint density at radius 2 is 0.950 bits per heavy atom. The van der Waals surface area contributed by atoms with Crippen molar-refractivity contribution < 1.29 is 16.5 Å². The molecule has 0 unspecified atom stereocenters. The summed E-state index contributed by atoms with van der Waals surface area (Å²) in [5, 5.41) is 0. The van der Waals surface area contributed by atoms with Crippen LogP contribution in [0.25, 0.3) is 0 Å². The van der Waals surface area contributed by atoms with E-state index in [1.807, 2.05) is 6.08 Å². The van der Waals surface area contributed by atoms with Crippen LogP contribution in [0.3, 0.4) is 0 Å². The molecule has 120 valence electrons. The normalized spacial score (nSPS) is 9.90. The van der Waals surface area contributed by atoms with Crippen molar-refractivity contribution in [2.75, 3.05) is 0 Å². The van der Waals surface area contributed by atoms with Crippen LogP contribution in [-0.2, 0) is 16.5 Å². The first-order valence-electron chi connectivity index (χ1n) is 8.69. The van der Waals surface area contributed by atoms with Crippen molar-refractivity contribution in [3.8, 4) is 0 Å². The minimum absolute atomic E-state index is 1.21. The van der Waals surface area contributed by atoms with Gasteiger partial charge in [0.1, 0.15) is 0 Å². The molecule has 20 heavy (non-hydrogen) atoms. The van der Waals surface area contributed by atoms with E-state index in [-0.39, 0.29) is 0 Å². The van der Waals surface area contributed by atoms with Crippen LogP contribution in [0.4, 0.5) is 0 Å². The van der Waals surface area contributed by atoms with Gasteiger partial charge in [-0.15, -0.1) is 6.58 Å². The van der Waals surface area contributed by atoms with Crippen molar-refractivity contribution in [2.24, 2.45) is 0 Å². The van der Waals surface area contributed by atoms with Gasteiger partial charge in [-0.2, -0.15) is 0 Å². The predicted octanol–water partition coefficient (Wildman–Crippen LogP) is 7.73. The van der Waals surface area contributed by atoms with Gasteiger partial charge in [0.15, 0.2) is 0 Å². The van der Waals surface area contributed by atoms with Gasteiger partial charge in [-0.1, -0.05) is 96.5 Å². The zero-order chi connectivity index (χ0) is 15.3. The summed E-state index contributed by atoms with van der Waals surface area (Å²) >= 11 is 1.78. The minimum atomic E-state index is 1.21. The molecule has 0 radical (unpaired) electrons. The van der Waals surface area contributed by atoms with E-state index in [0.717, 1.165) is 0 Å². The first kappa shape index (κ1) is 22.9. The van der Waals surface area contributed by atoms with E-state index in [1.54, 1.807) is 16.5 Å². The van der Waals surface area contributed by atoms with Crippen LogP contribution < -0.4 is 0 Å². The van der Waals surface area contributed by atoms with Gasteiger partial charge < -0.3 is 0 Å². The molecule has 0 aromatic carbocycles. The van der Waals surface area contributed by atoms with E-state index >= 15 is 0 Å². The van der Waals surface area contributed by atoms with Crippen LogP contribution in [-0.4, -0.2) is 0 Å². The van der Waals surface area contributed by atoms with Gasteiger partial charge in [0.2, 0.25) is 0 Å². The molecule has 0 atom stereocenters. The average molecular weight is 339 g/mol. The standard InChI is InChI=1S/C18H36.ClH.V/c1-3-5-7-9-11-13-15-17-18-16-14-12-10-8-6-4-2;;/h3H,1,4-18H2,2H3;1H;/q;;+1/p-1. The zero-order valence-electron chi connectivity index (χ0n) is 13.7. The van der Waals surface area contributed by atoms with Crippen molar-refractivity contribution in [1.82, 2.24) is 0 Å². The second-order valence-corrected chi connectivity index (χ2v) is 5.67. The summed E-state index contributed by atoms with van der Waals surface area (Å²) in [6.45, 7) is 6.05. The third kappa shape index (κ3) is 23.7. The Labute approximate surface area is 142 Å². The molecule has 0 aromatic rings. The Morgan fingerprint density at radius 1 is 0.650 bits per heavy atom. The molecule has 0 amide bonds. The maximum atomic E-state index is 4.58. The monoisotopic (exact) mass is 338 g/mol. The summed E-state index contributed by atoms with van der Waals surface area (Å²) in [6.07, 6.45) is 23.5. The molecule has 0 saturated heterocycles. The summed E-state index contributed by atoms with van der Waals surface area (Å²) < 4.78 is 0. The van der Waals surface area contributed by atoms with Crippen LogP contribution in [0.1, 0.15) is 103 Å². The van der Waals surface area contributed by atoms with Gasteiger partial charge in [-0.25, -0.2) is 0 Å². The van der Waals surface area contributed by atoms with Gasteiger partial charge in [-0.05, 0) is 12.8 Å². The summed E-state index contributed by atoms with van der Waals surface area (Å²) in [4.78, 5) is 0. The second-order valence-electron chi connectivity index (χ2n) is 5.67. The predicted molar refractivity (Wildman–Crippen MR) is 91.0 cm³/mol. The van der Waals surface area contributed by atoms with Crippen LogP contribution >= 0.6 is 9.85 Å². The molecule has 0 N–H and O–H groups in total. The molecule has 0 fully saturated rings. The Kier molecular flexibility index (Phi) is 28.2. The molecular formula is C18H36ClV. The molecule has 0 saturated carbocycles. The Morgan fingerprint density at radius 3 is 1.25 bits per heavy atom. The van der Waals surface area contributed by atoms with Crippen molar-refractivity contribution in [2.45, 2.75) is 103 Å². The van der Waals surface area contributed by atoms with E-state index in [2.05, 4.69) is 23.4 Å². The van der Waals surface area contributed by atoms with Crippen LogP contribution in [0, 0.1) is 0 Å². The molecule has 0 nitrogen and oxygen atoms in total. The third-order valence-corrected chi connectivity index (χ3v) is 3.76. The van der Waals surface area contributed by atoms with Crippen LogP contribution in [0.5, 0.6) is 0 Å². The van der Waals surface area contributed by atoms with Crippen molar-refractivity contribution in [3.63, 3.8) is 0 Å². The molecule has 0 aromatic heterocycles. The topological polar surface area (TPSA) is 0 Å². The van der Waals surface area contributed by atoms with E-state index in [4.69, 9.17) is 0 Å². The number of allylic oxidation sites excluding steroid dienone is 1. The number of hydrogen-bond acceptors (Lipinski definition) is 0. The van der Waals surface area contributed by atoms with Crippen LogP contribution in [0.15, 0.2) is 12.7 Å². The fourth-order valence-corrected chi connectivity index (χ4v) is 2.48. The Bertz CT molecular complexity index is 159. The first-order valence-corrected chi connectivity index (χ1v) is 10.6. The van der Waals surface area contributed by atoms with Gasteiger partial charge in [0.25, 0.3) is 0 Å². The first-order chi connectivity index (χ1) is 9.91. The second kappa shape index (κ2) is 24.6. The molecule has 0 aliphatic heterocycles. The molecule has 0 bridgehead atoms. The van der Waals surface area contributed by atoms with E-state index in [9.17, 15) is 0 Å². The molecule has 0 aliphatic rings. The van der Waals surface area contributed by atoms with Gasteiger partial charge in [-0.3, -0.25) is 0 Å². The average Bonchev–Trinajstić information content (AvgIpc) is 2.50. The number of halogens is 1. The van der Waals surface area contributed by atoms with E-state index < -0.39 is 0 Å². The molecule has 0 spiro atoms. The fraction of sp³-hybridized carbons (Fsp3) is 0.889. The van der Waals surface area contributed by atoms with Crippen molar-refractivity contribution in [3.05, 3.63) is 12.7 Å². The van der Waals surface area contributed by atoms with Gasteiger partial charge >= 0.3 is 26.3 Å². The summed E-state index contributed by atoms with van der Waals surface area (Å²) in [5.74, 6) is 0. The van der Waals surface area contributed by atoms with Crippen molar-refractivity contribution >= 4 is 9.85 Å². The molecule has 0 rings (SSSR count). The van der Waals surface area contributed by atoms with E-state index in [1.165, 1.54) is 96.3 Å². The third-order valence-electron chi connectivity index (χ3n) is 3.76. The Balaban J connectivity index is 0. The van der Waals surface area contributed by atoms with Gasteiger partial charge in [0.05, 0.1) is 0 Å². The summed E-state index contributed by atoms with van der Waals surface area (Å²) in [6, 6.07) is 0. The molecule has 0 heterocycles. The van der Waals surface area contributed by atoms with Gasteiger partial charge in [0, 0.05) is 0 Å². The zero-order valence-corrected chi connectivity index (χ0v) is 15.9. The SMILES string of the molecule is C=CCCCCCCCCCCCCCCCC.[Cl][V]. The van der Waals surface area contributed by atoms with E-state index in [0.29, 0.717) is 0 Å². The quantitative estimate of drug-likeness (QED) is 0.211. The van der Waals surface area contributed by atoms with Crippen molar-refractivity contribution in [1.29, 1.82) is 0 Å². The Hall–Kier alpha value is 0.614. The van der Waals surface area contributed by atoms with Crippen LogP contribution in [0.2, 0.25) is 0 Å². The number of rotatable bonds is 15. The summed E-state index contributed by atoms with van der Waals surface area (Å²) in [7, 11) is 4.58. The fourth-order valence-electron chi connectivity index (χ4n) is 2.48. The molecule has 2 heteroatoms. The number of hydrogen-bond donors (Lipinski definition) is 0. The molecule has 0 aliphatic carbocycles. The maximum absolute atomic E-state index is 4.58. The number of unbranched alkanes of at least 4 members (excludes halogenated alkanes) is 14. The molecular weight excluding hydrogens is 303 g/mol.